The van der Waals surface area contributed by atoms with Crippen molar-refractivity contribution < 1.29 is 9.90 Å². The number of aromatic amines is 1. The maximum absolute atomic E-state index is 12.0. The Morgan fingerprint density at radius 3 is 2.81 bits per heavy atom. The quantitative estimate of drug-likeness (QED) is 0.693. The first-order valence-corrected chi connectivity index (χ1v) is 7.26. The molecule has 1 amide bonds. The molecule has 0 saturated carbocycles. The molecule has 0 spiro atoms. The highest BCUT2D eigenvalue weighted by atomic mass is 32.1. The van der Waals surface area contributed by atoms with E-state index in [9.17, 15) is 9.90 Å². The Labute approximate surface area is 125 Å². The lowest BCUT2D eigenvalue weighted by molar-refractivity contribution is 0.0946. The largest absolute Gasteiger partial charge is 0.508 e. The fraction of sp³-hybridized carbons (Fsp3) is 0.0667. The molecule has 0 unspecified atom stereocenters. The fourth-order valence-electron chi connectivity index (χ4n) is 1.89. The molecule has 0 radical (unpaired) electrons. The molecule has 0 bridgehead atoms. The molecular formula is C15H13N3O2S. The average molecular weight is 299 g/mol. The van der Waals surface area contributed by atoms with Gasteiger partial charge in [-0.05, 0) is 41.8 Å². The Bertz CT molecular complexity index is 733. The number of phenols is 1. The molecule has 2 heterocycles. The molecule has 0 saturated heterocycles. The van der Waals surface area contributed by atoms with E-state index in [4.69, 9.17) is 0 Å². The molecule has 106 valence electrons. The topological polar surface area (TPSA) is 78.0 Å². The standard InChI is InChI=1S/C15H13N3O2S/c19-11-5-3-10(4-6-11)13-8-14(18-17-13)15(20)16-9-12-2-1-7-21-12/h1-8,19H,9H2,(H,16,20)(H,17,18). The SMILES string of the molecule is O=C(NCc1cccs1)c1cc(-c2ccc(O)cc2)n[nH]1. The fourth-order valence-corrected chi connectivity index (χ4v) is 2.54. The summed E-state index contributed by atoms with van der Waals surface area (Å²) in [5.74, 6) is 0.00382. The first-order chi connectivity index (χ1) is 10.2. The highest BCUT2D eigenvalue weighted by Gasteiger charge is 2.11. The van der Waals surface area contributed by atoms with E-state index in [1.165, 1.54) is 0 Å². The Hall–Kier alpha value is -2.60. The van der Waals surface area contributed by atoms with Crippen molar-refractivity contribution in [2.75, 3.05) is 0 Å². The van der Waals surface area contributed by atoms with Crippen LogP contribution in [0.2, 0.25) is 0 Å². The lowest BCUT2D eigenvalue weighted by Gasteiger charge is -2.00. The van der Waals surface area contributed by atoms with Gasteiger partial charge in [0.2, 0.25) is 0 Å². The normalized spacial score (nSPS) is 10.5. The Morgan fingerprint density at radius 2 is 2.10 bits per heavy atom. The second-order valence-corrected chi connectivity index (χ2v) is 5.51. The summed E-state index contributed by atoms with van der Waals surface area (Å²) in [5.41, 5.74) is 1.91. The Balaban J connectivity index is 1.69. The van der Waals surface area contributed by atoms with Gasteiger partial charge in [-0.1, -0.05) is 6.07 Å². The molecule has 0 atom stereocenters. The number of thiophene rings is 1. The van der Waals surface area contributed by atoms with Gasteiger partial charge in [0.15, 0.2) is 0 Å². The van der Waals surface area contributed by atoms with Gasteiger partial charge in [0.05, 0.1) is 12.2 Å². The second kappa shape index (κ2) is 5.80. The summed E-state index contributed by atoms with van der Waals surface area (Å²) in [6, 6.07) is 12.3. The minimum Gasteiger partial charge on any atom is -0.508 e. The number of nitrogens with zero attached hydrogens (tertiary/aromatic N) is 1. The number of benzene rings is 1. The minimum atomic E-state index is -0.194. The number of aromatic nitrogens is 2. The zero-order valence-corrected chi connectivity index (χ0v) is 11.9. The van der Waals surface area contributed by atoms with Crippen LogP contribution < -0.4 is 5.32 Å². The van der Waals surface area contributed by atoms with Gasteiger partial charge < -0.3 is 10.4 Å². The molecule has 0 fully saturated rings. The van der Waals surface area contributed by atoms with Crippen LogP contribution in [0.4, 0.5) is 0 Å². The minimum absolute atomic E-state index is 0.194. The van der Waals surface area contributed by atoms with Crippen LogP contribution in [0.5, 0.6) is 5.75 Å². The van der Waals surface area contributed by atoms with Crippen LogP contribution in [0.1, 0.15) is 15.4 Å². The van der Waals surface area contributed by atoms with Gasteiger partial charge in [-0.25, -0.2) is 0 Å². The highest BCUT2D eigenvalue weighted by Crippen LogP contribution is 2.20. The van der Waals surface area contributed by atoms with Crippen molar-refractivity contribution in [1.29, 1.82) is 0 Å². The monoisotopic (exact) mass is 299 g/mol. The number of H-pyrrole nitrogens is 1. The van der Waals surface area contributed by atoms with Crippen LogP contribution in [-0.4, -0.2) is 21.2 Å². The van der Waals surface area contributed by atoms with E-state index in [0.29, 0.717) is 17.9 Å². The molecule has 5 nitrogen and oxygen atoms in total. The van der Waals surface area contributed by atoms with Crippen molar-refractivity contribution in [2.45, 2.75) is 6.54 Å². The molecule has 1 aromatic carbocycles. The molecule has 3 aromatic rings. The summed E-state index contributed by atoms with van der Waals surface area (Å²) in [6.45, 7) is 0.504. The van der Waals surface area contributed by atoms with Crippen LogP contribution in [-0.2, 0) is 6.54 Å². The third-order valence-corrected chi connectivity index (χ3v) is 3.87. The molecular weight excluding hydrogens is 286 g/mol. The number of hydrogen-bond acceptors (Lipinski definition) is 4. The summed E-state index contributed by atoms with van der Waals surface area (Å²) in [5, 5.41) is 20.9. The van der Waals surface area contributed by atoms with Gasteiger partial charge in [0.1, 0.15) is 11.4 Å². The number of aromatic hydroxyl groups is 1. The van der Waals surface area contributed by atoms with Crippen LogP contribution >= 0.6 is 11.3 Å². The van der Waals surface area contributed by atoms with Gasteiger partial charge >= 0.3 is 0 Å². The zero-order chi connectivity index (χ0) is 14.7. The summed E-state index contributed by atoms with van der Waals surface area (Å²) in [4.78, 5) is 13.1. The van der Waals surface area contributed by atoms with Crippen molar-refractivity contribution in [3.05, 3.63) is 58.4 Å². The Kier molecular flexibility index (Phi) is 3.70. The first-order valence-electron chi connectivity index (χ1n) is 6.38. The number of amides is 1. The summed E-state index contributed by atoms with van der Waals surface area (Å²) < 4.78 is 0. The number of carbonyl (C=O) groups is 1. The van der Waals surface area contributed by atoms with Gasteiger partial charge in [-0.3, -0.25) is 9.89 Å². The van der Waals surface area contributed by atoms with Crippen molar-refractivity contribution in [3.63, 3.8) is 0 Å². The van der Waals surface area contributed by atoms with Crippen molar-refractivity contribution in [1.82, 2.24) is 15.5 Å². The van der Waals surface area contributed by atoms with Crippen molar-refractivity contribution in [3.8, 4) is 17.0 Å². The third-order valence-electron chi connectivity index (χ3n) is 2.99. The van der Waals surface area contributed by atoms with E-state index >= 15 is 0 Å². The van der Waals surface area contributed by atoms with Gasteiger partial charge in [-0.2, -0.15) is 5.10 Å². The molecule has 6 heteroatoms. The maximum Gasteiger partial charge on any atom is 0.269 e. The molecule has 3 N–H and O–H groups in total. The molecule has 2 aromatic heterocycles. The second-order valence-electron chi connectivity index (χ2n) is 4.48. The van der Waals surface area contributed by atoms with E-state index < -0.39 is 0 Å². The smallest absolute Gasteiger partial charge is 0.269 e. The van der Waals surface area contributed by atoms with E-state index in [1.54, 1.807) is 41.7 Å². The zero-order valence-electron chi connectivity index (χ0n) is 11.0. The number of carbonyl (C=O) groups excluding carboxylic acids is 1. The molecule has 0 aliphatic heterocycles. The number of rotatable bonds is 4. The Morgan fingerprint density at radius 1 is 1.29 bits per heavy atom. The maximum atomic E-state index is 12.0. The number of hydrogen-bond donors (Lipinski definition) is 3. The van der Waals surface area contributed by atoms with Crippen LogP contribution in [0.15, 0.2) is 47.8 Å². The van der Waals surface area contributed by atoms with E-state index in [-0.39, 0.29) is 11.7 Å². The van der Waals surface area contributed by atoms with E-state index in [0.717, 1.165) is 10.4 Å². The number of phenolic OH excluding ortho intramolecular Hbond substituents is 1. The van der Waals surface area contributed by atoms with E-state index in [1.807, 2.05) is 17.5 Å². The molecule has 0 aliphatic carbocycles. The van der Waals surface area contributed by atoms with E-state index in [2.05, 4.69) is 15.5 Å². The molecule has 3 rings (SSSR count). The van der Waals surface area contributed by atoms with Crippen LogP contribution in [0, 0.1) is 0 Å². The van der Waals surface area contributed by atoms with Crippen LogP contribution in [0.3, 0.4) is 0 Å². The highest BCUT2D eigenvalue weighted by molar-refractivity contribution is 7.09. The van der Waals surface area contributed by atoms with Crippen molar-refractivity contribution in [2.24, 2.45) is 0 Å². The molecule has 0 aliphatic rings. The summed E-state index contributed by atoms with van der Waals surface area (Å²) >= 11 is 1.60. The van der Waals surface area contributed by atoms with Gasteiger partial charge in [0, 0.05) is 10.4 Å². The number of nitrogens with one attached hydrogen (secondary N) is 2. The summed E-state index contributed by atoms with van der Waals surface area (Å²) in [6.07, 6.45) is 0. The predicted molar refractivity (Wildman–Crippen MR) is 81.2 cm³/mol. The summed E-state index contributed by atoms with van der Waals surface area (Å²) in [7, 11) is 0. The lowest BCUT2D eigenvalue weighted by atomic mass is 10.1. The molecule has 21 heavy (non-hydrogen) atoms. The first kappa shape index (κ1) is 13.4. The van der Waals surface area contributed by atoms with Crippen LogP contribution in [0.25, 0.3) is 11.3 Å². The lowest BCUT2D eigenvalue weighted by Crippen LogP contribution is -2.22. The van der Waals surface area contributed by atoms with Crippen molar-refractivity contribution >= 4 is 17.2 Å². The predicted octanol–water partition coefficient (Wildman–Crippen LogP) is 2.77. The third kappa shape index (κ3) is 3.11. The van der Waals surface area contributed by atoms with Gasteiger partial charge in [0.25, 0.3) is 5.91 Å². The van der Waals surface area contributed by atoms with Gasteiger partial charge in [-0.15, -0.1) is 11.3 Å². The average Bonchev–Trinajstić information content (AvgIpc) is 3.17.